The molecule has 0 fully saturated rings. The zero-order valence-electron chi connectivity index (χ0n) is 10.4. The Kier molecular flexibility index (Phi) is 3.36. The van der Waals surface area contributed by atoms with Gasteiger partial charge in [0.2, 0.25) is 0 Å². The van der Waals surface area contributed by atoms with Crippen molar-refractivity contribution in [1.82, 2.24) is 9.97 Å². The van der Waals surface area contributed by atoms with Crippen molar-refractivity contribution in [3.05, 3.63) is 52.1 Å². The van der Waals surface area contributed by atoms with Gasteiger partial charge in [-0.2, -0.15) is 0 Å². The maximum atomic E-state index is 6.14. The third kappa shape index (κ3) is 2.41. The molecular formula is C14H12ClN3S. The van der Waals surface area contributed by atoms with E-state index in [4.69, 9.17) is 11.6 Å². The summed E-state index contributed by atoms with van der Waals surface area (Å²) in [5.41, 5.74) is 3.26. The number of hydrogen-bond acceptors (Lipinski definition) is 4. The molecule has 2 aromatic heterocycles. The smallest absolute Gasteiger partial charge is 0.147 e. The number of fused-ring (bicyclic) bond motifs is 1. The molecule has 96 valence electrons. The highest BCUT2D eigenvalue weighted by atomic mass is 35.5. The second-order valence-electron chi connectivity index (χ2n) is 4.26. The molecule has 0 atom stereocenters. The lowest BCUT2D eigenvalue weighted by molar-refractivity contribution is 1.10. The van der Waals surface area contributed by atoms with Crippen LogP contribution < -0.4 is 5.32 Å². The molecule has 2 heterocycles. The monoisotopic (exact) mass is 289 g/mol. The van der Waals surface area contributed by atoms with Gasteiger partial charge < -0.3 is 5.32 Å². The number of nitrogens with zero attached hydrogens (tertiary/aromatic N) is 2. The Labute approximate surface area is 120 Å². The van der Waals surface area contributed by atoms with E-state index in [9.17, 15) is 0 Å². The maximum Gasteiger partial charge on any atom is 0.147 e. The molecule has 3 nitrogen and oxygen atoms in total. The van der Waals surface area contributed by atoms with Crippen LogP contribution in [0.4, 0.5) is 5.82 Å². The first-order valence-electron chi connectivity index (χ1n) is 5.92. The molecule has 0 aliphatic rings. The normalized spacial score (nSPS) is 10.8. The third-order valence-corrected chi connectivity index (χ3v) is 4.40. The van der Waals surface area contributed by atoms with E-state index in [0.29, 0.717) is 6.54 Å². The van der Waals surface area contributed by atoms with Crippen molar-refractivity contribution in [1.29, 1.82) is 0 Å². The van der Waals surface area contributed by atoms with Crippen molar-refractivity contribution in [3.63, 3.8) is 0 Å². The van der Waals surface area contributed by atoms with Crippen LogP contribution >= 0.6 is 22.9 Å². The van der Waals surface area contributed by atoms with E-state index < -0.39 is 0 Å². The molecule has 1 N–H and O–H groups in total. The van der Waals surface area contributed by atoms with Gasteiger partial charge in [0, 0.05) is 11.6 Å². The second kappa shape index (κ2) is 5.15. The minimum atomic E-state index is 0.655. The first-order valence-corrected chi connectivity index (χ1v) is 7.17. The SMILES string of the molecule is Cc1csc2c(NCc3ccccc3Cl)ncnc12. The molecule has 19 heavy (non-hydrogen) atoms. The number of benzene rings is 1. The van der Waals surface area contributed by atoms with Crippen molar-refractivity contribution >= 4 is 39.0 Å². The van der Waals surface area contributed by atoms with Gasteiger partial charge in [0.1, 0.15) is 12.1 Å². The van der Waals surface area contributed by atoms with Crippen LogP contribution in [0.5, 0.6) is 0 Å². The first-order chi connectivity index (χ1) is 9.25. The number of aromatic nitrogens is 2. The summed E-state index contributed by atoms with van der Waals surface area (Å²) in [4.78, 5) is 8.62. The van der Waals surface area contributed by atoms with Gasteiger partial charge in [-0.05, 0) is 29.5 Å². The van der Waals surface area contributed by atoms with Gasteiger partial charge >= 0.3 is 0 Å². The lowest BCUT2D eigenvalue weighted by Gasteiger charge is -2.07. The molecule has 0 radical (unpaired) electrons. The Morgan fingerprint density at radius 2 is 2.11 bits per heavy atom. The van der Waals surface area contributed by atoms with Gasteiger partial charge in [0.15, 0.2) is 0 Å². The van der Waals surface area contributed by atoms with Crippen LogP contribution in [0.15, 0.2) is 36.0 Å². The molecule has 0 aliphatic carbocycles. The van der Waals surface area contributed by atoms with Crippen LogP contribution in [-0.2, 0) is 6.54 Å². The van der Waals surface area contributed by atoms with Crippen molar-refractivity contribution < 1.29 is 0 Å². The van der Waals surface area contributed by atoms with E-state index in [1.807, 2.05) is 24.3 Å². The minimum absolute atomic E-state index is 0.655. The summed E-state index contributed by atoms with van der Waals surface area (Å²) in [5, 5.41) is 6.20. The van der Waals surface area contributed by atoms with Crippen LogP contribution in [0.25, 0.3) is 10.2 Å². The van der Waals surface area contributed by atoms with E-state index in [2.05, 4.69) is 27.6 Å². The molecule has 3 aromatic rings. The molecule has 1 aromatic carbocycles. The fraction of sp³-hybridized carbons (Fsp3) is 0.143. The lowest BCUT2D eigenvalue weighted by atomic mass is 10.2. The highest BCUT2D eigenvalue weighted by molar-refractivity contribution is 7.18. The zero-order chi connectivity index (χ0) is 13.2. The molecule has 0 saturated carbocycles. The number of hydrogen-bond donors (Lipinski definition) is 1. The summed E-state index contributed by atoms with van der Waals surface area (Å²) in [6.45, 7) is 2.71. The third-order valence-electron chi connectivity index (χ3n) is 2.94. The fourth-order valence-electron chi connectivity index (χ4n) is 1.92. The van der Waals surface area contributed by atoms with E-state index in [-0.39, 0.29) is 0 Å². The molecule has 5 heteroatoms. The highest BCUT2D eigenvalue weighted by Crippen LogP contribution is 2.29. The van der Waals surface area contributed by atoms with Crippen LogP contribution in [-0.4, -0.2) is 9.97 Å². The van der Waals surface area contributed by atoms with Gasteiger partial charge in [-0.15, -0.1) is 11.3 Å². The summed E-state index contributed by atoms with van der Waals surface area (Å²) in [6.07, 6.45) is 1.59. The van der Waals surface area contributed by atoms with Crippen LogP contribution in [0, 0.1) is 6.92 Å². The summed E-state index contributed by atoms with van der Waals surface area (Å²) < 4.78 is 1.09. The molecule has 0 unspecified atom stereocenters. The van der Waals surface area contributed by atoms with E-state index >= 15 is 0 Å². The molecule has 0 aliphatic heterocycles. The van der Waals surface area contributed by atoms with Crippen LogP contribution in [0.1, 0.15) is 11.1 Å². The lowest BCUT2D eigenvalue weighted by Crippen LogP contribution is -2.02. The minimum Gasteiger partial charge on any atom is -0.365 e. The average Bonchev–Trinajstić information content (AvgIpc) is 2.81. The van der Waals surface area contributed by atoms with Crippen molar-refractivity contribution in [2.75, 3.05) is 5.32 Å². The largest absolute Gasteiger partial charge is 0.365 e. The topological polar surface area (TPSA) is 37.8 Å². The molecular weight excluding hydrogens is 278 g/mol. The standard InChI is InChI=1S/C14H12ClN3S/c1-9-7-19-13-12(9)17-8-18-14(13)16-6-10-4-2-3-5-11(10)15/h2-5,7-8H,6H2,1H3,(H,16,17,18). The van der Waals surface area contributed by atoms with Gasteiger partial charge in [0.25, 0.3) is 0 Å². The van der Waals surface area contributed by atoms with Gasteiger partial charge in [-0.25, -0.2) is 9.97 Å². The van der Waals surface area contributed by atoms with Crippen LogP contribution in [0.3, 0.4) is 0 Å². The van der Waals surface area contributed by atoms with Crippen molar-refractivity contribution in [2.45, 2.75) is 13.5 Å². The molecule has 0 amide bonds. The first kappa shape index (κ1) is 12.4. The summed E-state index contributed by atoms with van der Waals surface area (Å²) in [5.74, 6) is 0.864. The van der Waals surface area contributed by atoms with Gasteiger partial charge in [-0.1, -0.05) is 29.8 Å². The fourth-order valence-corrected chi connectivity index (χ4v) is 3.09. The number of thiophene rings is 1. The van der Waals surface area contributed by atoms with Crippen LogP contribution in [0.2, 0.25) is 5.02 Å². The molecule has 0 spiro atoms. The maximum absolute atomic E-state index is 6.14. The number of halogens is 1. The quantitative estimate of drug-likeness (QED) is 0.782. The number of nitrogens with one attached hydrogen (secondary N) is 1. The second-order valence-corrected chi connectivity index (χ2v) is 5.55. The van der Waals surface area contributed by atoms with E-state index in [1.54, 1.807) is 17.7 Å². The molecule has 3 rings (SSSR count). The Bertz CT molecular complexity index is 724. The number of aryl methyl sites for hydroxylation is 1. The zero-order valence-corrected chi connectivity index (χ0v) is 11.9. The van der Waals surface area contributed by atoms with Crippen molar-refractivity contribution in [3.8, 4) is 0 Å². The van der Waals surface area contributed by atoms with E-state index in [0.717, 1.165) is 26.6 Å². The predicted octanol–water partition coefficient (Wildman–Crippen LogP) is 4.27. The summed E-state index contributed by atoms with van der Waals surface area (Å²) in [7, 11) is 0. The number of rotatable bonds is 3. The van der Waals surface area contributed by atoms with Gasteiger partial charge in [0.05, 0.1) is 10.2 Å². The average molecular weight is 290 g/mol. The Balaban J connectivity index is 1.88. The van der Waals surface area contributed by atoms with Crippen molar-refractivity contribution in [2.24, 2.45) is 0 Å². The molecule has 0 saturated heterocycles. The predicted molar refractivity (Wildman–Crippen MR) is 80.9 cm³/mol. The van der Waals surface area contributed by atoms with Gasteiger partial charge in [-0.3, -0.25) is 0 Å². The number of anilines is 1. The molecule has 0 bridgehead atoms. The Morgan fingerprint density at radius 3 is 2.95 bits per heavy atom. The summed E-state index contributed by atoms with van der Waals surface area (Å²) in [6, 6.07) is 7.81. The Morgan fingerprint density at radius 1 is 1.26 bits per heavy atom. The Hall–Kier alpha value is -1.65. The summed E-state index contributed by atoms with van der Waals surface area (Å²) >= 11 is 7.80. The highest BCUT2D eigenvalue weighted by Gasteiger charge is 2.08. The van der Waals surface area contributed by atoms with E-state index in [1.165, 1.54) is 5.56 Å².